The van der Waals surface area contributed by atoms with E-state index in [0.29, 0.717) is 5.75 Å². The highest BCUT2D eigenvalue weighted by molar-refractivity contribution is 5.74. The molecule has 1 unspecified atom stereocenters. The molecule has 0 heterocycles. The Morgan fingerprint density at radius 1 is 1.35 bits per heavy atom. The van der Waals surface area contributed by atoms with Crippen LogP contribution in [0.3, 0.4) is 0 Å². The van der Waals surface area contributed by atoms with Crippen LogP contribution in [0.2, 0.25) is 0 Å². The van der Waals surface area contributed by atoms with Crippen molar-refractivity contribution in [1.82, 2.24) is 0 Å². The highest BCUT2D eigenvalue weighted by Crippen LogP contribution is 2.26. The van der Waals surface area contributed by atoms with E-state index in [1.807, 2.05) is 32.0 Å². The van der Waals surface area contributed by atoms with Gasteiger partial charge in [-0.1, -0.05) is 17.7 Å². The fraction of sp³-hybridized carbons (Fsp3) is 0.462. The minimum atomic E-state index is -0.639. The minimum absolute atomic E-state index is 0.144. The minimum Gasteiger partial charge on any atom is -0.479 e. The number of rotatable bonds is 4. The van der Waals surface area contributed by atoms with Crippen molar-refractivity contribution in [2.24, 2.45) is 5.73 Å². The second-order valence-corrected chi connectivity index (χ2v) is 4.11. The maximum Gasteiger partial charge on any atom is 0.346 e. The van der Waals surface area contributed by atoms with Crippen LogP contribution in [-0.2, 0) is 9.53 Å². The highest BCUT2D eigenvalue weighted by Gasteiger charge is 2.17. The van der Waals surface area contributed by atoms with Crippen LogP contribution in [0, 0.1) is 6.92 Å². The molecule has 1 aromatic rings. The monoisotopic (exact) mass is 237 g/mol. The molecule has 0 aromatic heterocycles. The zero-order valence-corrected chi connectivity index (χ0v) is 10.7. The van der Waals surface area contributed by atoms with Crippen LogP contribution in [0.1, 0.15) is 31.0 Å². The Morgan fingerprint density at radius 3 is 2.53 bits per heavy atom. The molecule has 0 aliphatic carbocycles. The van der Waals surface area contributed by atoms with E-state index in [4.69, 9.17) is 10.5 Å². The van der Waals surface area contributed by atoms with Crippen molar-refractivity contribution in [2.75, 3.05) is 7.11 Å². The number of carbonyl (C=O) groups excluding carboxylic acids is 1. The Bertz CT molecular complexity index is 402. The summed E-state index contributed by atoms with van der Waals surface area (Å²) in [7, 11) is 1.34. The number of hydrogen-bond acceptors (Lipinski definition) is 4. The zero-order chi connectivity index (χ0) is 13.0. The van der Waals surface area contributed by atoms with Crippen molar-refractivity contribution >= 4 is 5.97 Å². The maximum absolute atomic E-state index is 11.3. The first-order valence-electron chi connectivity index (χ1n) is 5.56. The van der Waals surface area contributed by atoms with E-state index < -0.39 is 12.1 Å². The van der Waals surface area contributed by atoms with Crippen LogP contribution >= 0.6 is 0 Å². The van der Waals surface area contributed by atoms with E-state index >= 15 is 0 Å². The van der Waals surface area contributed by atoms with Gasteiger partial charge in [0.25, 0.3) is 0 Å². The van der Waals surface area contributed by atoms with Crippen LogP contribution < -0.4 is 10.5 Å². The molecule has 0 spiro atoms. The first-order valence-corrected chi connectivity index (χ1v) is 5.56. The van der Waals surface area contributed by atoms with E-state index in [-0.39, 0.29) is 6.04 Å². The lowest BCUT2D eigenvalue weighted by Crippen LogP contribution is -2.25. The quantitative estimate of drug-likeness (QED) is 0.813. The molecule has 0 bridgehead atoms. The van der Waals surface area contributed by atoms with Gasteiger partial charge in [0.1, 0.15) is 5.75 Å². The average molecular weight is 237 g/mol. The number of carbonyl (C=O) groups is 1. The normalized spacial score (nSPS) is 13.9. The fourth-order valence-corrected chi connectivity index (χ4v) is 1.54. The second kappa shape index (κ2) is 5.68. The maximum atomic E-state index is 11.3. The second-order valence-electron chi connectivity index (χ2n) is 4.11. The van der Waals surface area contributed by atoms with Gasteiger partial charge in [-0.2, -0.15) is 0 Å². The summed E-state index contributed by atoms with van der Waals surface area (Å²) in [4.78, 5) is 11.3. The molecule has 0 saturated heterocycles. The summed E-state index contributed by atoms with van der Waals surface area (Å²) in [5.74, 6) is 0.227. The van der Waals surface area contributed by atoms with E-state index in [0.717, 1.165) is 11.1 Å². The van der Waals surface area contributed by atoms with E-state index in [9.17, 15) is 4.79 Å². The molecule has 2 N–H and O–H groups in total. The van der Waals surface area contributed by atoms with Gasteiger partial charge in [0.15, 0.2) is 6.10 Å². The van der Waals surface area contributed by atoms with Crippen LogP contribution in [0.4, 0.5) is 0 Å². The smallest absolute Gasteiger partial charge is 0.346 e. The lowest BCUT2D eigenvalue weighted by Gasteiger charge is -2.18. The summed E-state index contributed by atoms with van der Waals surface area (Å²) in [6.45, 7) is 5.51. The molecule has 0 amide bonds. The molecular formula is C13H19NO3. The predicted molar refractivity (Wildman–Crippen MR) is 65.9 cm³/mol. The summed E-state index contributed by atoms with van der Waals surface area (Å²) in [5, 5.41) is 0. The zero-order valence-electron chi connectivity index (χ0n) is 10.7. The molecule has 0 aliphatic rings. The van der Waals surface area contributed by atoms with Crippen molar-refractivity contribution in [3.8, 4) is 5.75 Å². The molecule has 4 nitrogen and oxygen atoms in total. The molecular weight excluding hydrogens is 218 g/mol. The lowest BCUT2D eigenvalue weighted by atomic mass is 10.1. The number of benzene rings is 1. The molecule has 1 rings (SSSR count). The predicted octanol–water partition coefficient (Wildman–Crippen LogP) is 1.96. The van der Waals surface area contributed by atoms with Crippen molar-refractivity contribution in [3.63, 3.8) is 0 Å². The Labute approximate surface area is 102 Å². The van der Waals surface area contributed by atoms with Crippen molar-refractivity contribution in [3.05, 3.63) is 29.3 Å². The number of nitrogens with two attached hydrogens (primary N) is 1. The van der Waals surface area contributed by atoms with Gasteiger partial charge in [-0.05, 0) is 26.8 Å². The summed E-state index contributed by atoms with van der Waals surface area (Å²) >= 11 is 0. The number of aryl methyl sites for hydroxylation is 1. The Hall–Kier alpha value is -1.55. The molecule has 94 valence electrons. The van der Waals surface area contributed by atoms with Crippen LogP contribution in [0.5, 0.6) is 5.75 Å². The van der Waals surface area contributed by atoms with Crippen molar-refractivity contribution < 1.29 is 14.3 Å². The molecule has 4 heteroatoms. The third-order valence-corrected chi connectivity index (χ3v) is 2.49. The van der Waals surface area contributed by atoms with Gasteiger partial charge < -0.3 is 15.2 Å². The molecule has 0 radical (unpaired) electrons. The Balaban J connectivity index is 2.94. The van der Waals surface area contributed by atoms with Gasteiger partial charge >= 0.3 is 5.97 Å². The Kier molecular flexibility index (Phi) is 4.52. The molecule has 0 saturated carbocycles. The van der Waals surface area contributed by atoms with Gasteiger partial charge in [-0.15, -0.1) is 0 Å². The van der Waals surface area contributed by atoms with Crippen molar-refractivity contribution in [2.45, 2.75) is 32.9 Å². The summed E-state index contributed by atoms with van der Waals surface area (Å²) in [5.41, 5.74) is 7.87. The fourth-order valence-electron chi connectivity index (χ4n) is 1.54. The summed E-state index contributed by atoms with van der Waals surface area (Å²) < 4.78 is 10.2. The van der Waals surface area contributed by atoms with Crippen molar-refractivity contribution in [1.29, 1.82) is 0 Å². The number of esters is 1. The molecule has 0 aliphatic heterocycles. The van der Waals surface area contributed by atoms with Gasteiger partial charge in [0.05, 0.1) is 7.11 Å². The number of methoxy groups -OCH3 is 1. The number of hydrogen-bond donors (Lipinski definition) is 1. The topological polar surface area (TPSA) is 61.5 Å². The molecule has 2 atom stereocenters. The highest BCUT2D eigenvalue weighted by atomic mass is 16.6. The largest absolute Gasteiger partial charge is 0.479 e. The van der Waals surface area contributed by atoms with Crippen LogP contribution in [0.25, 0.3) is 0 Å². The molecule has 17 heavy (non-hydrogen) atoms. The first-order chi connectivity index (χ1) is 7.95. The van der Waals surface area contributed by atoms with Gasteiger partial charge in [0, 0.05) is 11.6 Å². The average Bonchev–Trinajstić information content (AvgIpc) is 2.29. The van der Waals surface area contributed by atoms with Crippen LogP contribution in [0.15, 0.2) is 18.2 Å². The third kappa shape index (κ3) is 3.46. The SMILES string of the molecule is COC(=O)C(C)Oc1ccc(C)cc1[C@@H](C)N. The summed E-state index contributed by atoms with van der Waals surface area (Å²) in [6.07, 6.45) is -0.639. The lowest BCUT2D eigenvalue weighted by molar-refractivity contribution is -0.147. The van der Waals surface area contributed by atoms with Gasteiger partial charge in [-0.3, -0.25) is 0 Å². The van der Waals surface area contributed by atoms with Crippen LogP contribution in [-0.4, -0.2) is 19.2 Å². The van der Waals surface area contributed by atoms with E-state index in [1.54, 1.807) is 6.92 Å². The van der Waals surface area contributed by atoms with Gasteiger partial charge in [0.2, 0.25) is 0 Å². The van der Waals surface area contributed by atoms with Gasteiger partial charge in [-0.25, -0.2) is 4.79 Å². The third-order valence-electron chi connectivity index (χ3n) is 2.49. The number of ether oxygens (including phenoxy) is 2. The molecule has 0 fully saturated rings. The molecule has 1 aromatic carbocycles. The standard InChI is InChI=1S/C13H19NO3/c1-8-5-6-12(11(7-8)9(2)14)17-10(3)13(15)16-4/h5-7,9-10H,14H2,1-4H3/t9-,10?/m1/s1. The summed E-state index contributed by atoms with van der Waals surface area (Å²) in [6, 6.07) is 5.57. The first kappa shape index (κ1) is 13.5. The Morgan fingerprint density at radius 2 is 2.00 bits per heavy atom. The van der Waals surface area contributed by atoms with E-state index in [1.165, 1.54) is 7.11 Å². The van der Waals surface area contributed by atoms with E-state index in [2.05, 4.69) is 4.74 Å².